The van der Waals surface area contributed by atoms with Gasteiger partial charge in [-0.1, -0.05) is 32.0 Å². The number of amides is 2. The monoisotopic (exact) mass is 454 g/mol. The fourth-order valence-corrected chi connectivity index (χ4v) is 3.79. The molecule has 1 aliphatic heterocycles. The summed E-state index contributed by atoms with van der Waals surface area (Å²) in [6.07, 6.45) is -2.70. The molecule has 2 heterocycles. The zero-order valence-electron chi connectivity index (χ0n) is 17.9. The number of esters is 1. The van der Waals surface area contributed by atoms with E-state index in [-0.39, 0.29) is 18.0 Å². The van der Waals surface area contributed by atoms with Crippen LogP contribution in [-0.2, 0) is 16.0 Å². The van der Waals surface area contributed by atoms with E-state index in [2.05, 4.69) is 20.0 Å². The molecule has 11 heteroatoms. The minimum absolute atomic E-state index is 0.0930. The van der Waals surface area contributed by atoms with E-state index in [1.54, 1.807) is 6.07 Å². The topological polar surface area (TPSA) is 96.6 Å². The van der Waals surface area contributed by atoms with Crippen molar-refractivity contribution in [1.82, 2.24) is 20.2 Å². The van der Waals surface area contributed by atoms with Gasteiger partial charge in [0.05, 0.1) is 19.1 Å². The second-order valence-electron chi connectivity index (χ2n) is 7.85. The van der Waals surface area contributed by atoms with E-state index in [0.29, 0.717) is 24.2 Å². The molecule has 0 saturated heterocycles. The smallest absolute Gasteiger partial charge is 0.467 e. The fourth-order valence-electron chi connectivity index (χ4n) is 3.79. The highest BCUT2D eigenvalue weighted by atomic mass is 19.4. The molecule has 0 radical (unpaired) electrons. The predicted octanol–water partition coefficient (Wildman–Crippen LogP) is 3.55. The number of imidazole rings is 1. The lowest BCUT2D eigenvalue weighted by atomic mass is 9.95. The van der Waals surface area contributed by atoms with Gasteiger partial charge >= 0.3 is 18.4 Å². The van der Waals surface area contributed by atoms with Crippen molar-refractivity contribution in [2.75, 3.05) is 13.7 Å². The Bertz CT molecular complexity index is 961. The van der Waals surface area contributed by atoms with Gasteiger partial charge in [-0.3, -0.25) is 0 Å². The number of ether oxygens (including phenoxy) is 2. The minimum Gasteiger partial charge on any atom is -0.467 e. The Balaban J connectivity index is 1.98. The summed E-state index contributed by atoms with van der Waals surface area (Å²) >= 11 is 0. The number of rotatable bonds is 6. The van der Waals surface area contributed by atoms with Crippen LogP contribution in [0.3, 0.4) is 0 Å². The number of fused-ring (bicyclic) bond motifs is 1. The Labute approximate surface area is 183 Å². The van der Waals surface area contributed by atoms with Gasteiger partial charge in [0.1, 0.15) is 17.8 Å². The van der Waals surface area contributed by atoms with Crippen LogP contribution < -0.4 is 10.1 Å². The Hall–Kier alpha value is -3.24. The zero-order chi connectivity index (χ0) is 23.5. The molecule has 174 valence electrons. The first-order valence-corrected chi connectivity index (χ1v) is 10.1. The van der Waals surface area contributed by atoms with Crippen molar-refractivity contribution >= 4 is 12.0 Å². The Morgan fingerprint density at radius 3 is 2.69 bits per heavy atom. The number of carbonyl (C=O) groups is 2. The van der Waals surface area contributed by atoms with E-state index in [0.717, 1.165) is 0 Å². The highest BCUT2D eigenvalue weighted by molar-refractivity contribution is 5.84. The van der Waals surface area contributed by atoms with Gasteiger partial charge in [0, 0.05) is 24.2 Å². The van der Waals surface area contributed by atoms with Crippen LogP contribution in [0.25, 0.3) is 0 Å². The summed E-state index contributed by atoms with van der Waals surface area (Å²) in [5.41, 5.74) is 1.27. The maximum Gasteiger partial charge on any atom is 0.573 e. The van der Waals surface area contributed by atoms with Crippen molar-refractivity contribution < 1.29 is 32.2 Å². The number of aromatic nitrogens is 2. The lowest BCUT2D eigenvalue weighted by Gasteiger charge is -2.36. The van der Waals surface area contributed by atoms with Crippen molar-refractivity contribution in [3.63, 3.8) is 0 Å². The summed E-state index contributed by atoms with van der Waals surface area (Å²) in [5, 5.41) is 2.67. The molecule has 0 spiro atoms. The number of urea groups is 1. The van der Waals surface area contributed by atoms with Crippen molar-refractivity contribution in [1.29, 1.82) is 0 Å². The van der Waals surface area contributed by atoms with Gasteiger partial charge in [0.2, 0.25) is 0 Å². The Morgan fingerprint density at radius 1 is 1.31 bits per heavy atom. The van der Waals surface area contributed by atoms with Gasteiger partial charge in [0.25, 0.3) is 0 Å². The molecule has 0 saturated carbocycles. The highest BCUT2D eigenvalue weighted by Crippen LogP contribution is 2.39. The average molecular weight is 454 g/mol. The first kappa shape index (κ1) is 23.4. The number of H-pyrrole nitrogens is 1. The largest absolute Gasteiger partial charge is 0.573 e. The number of benzene rings is 1. The summed E-state index contributed by atoms with van der Waals surface area (Å²) in [5.74, 6) is -0.928. The van der Waals surface area contributed by atoms with Gasteiger partial charge in [-0.15, -0.1) is 13.2 Å². The molecule has 3 rings (SSSR count). The van der Waals surface area contributed by atoms with Gasteiger partial charge in [-0.05, 0) is 18.4 Å². The van der Waals surface area contributed by atoms with E-state index in [1.165, 1.54) is 36.5 Å². The van der Waals surface area contributed by atoms with Crippen LogP contribution in [0.1, 0.15) is 43.3 Å². The first-order chi connectivity index (χ1) is 15.1. The summed E-state index contributed by atoms with van der Waals surface area (Å²) in [6.45, 7) is 3.99. The summed E-state index contributed by atoms with van der Waals surface area (Å²) in [6, 6.07) is 3.18. The van der Waals surface area contributed by atoms with Crippen LogP contribution in [0.2, 0.25) is 0 Å². The second kappa shape index (κ2) is 9.49. The first-order valence-electron chi connectivity index (χ1n) is 10.1. The lowest BCUT2D eigenvalue weighted by Crippen LogP contribution is -2.51. The summed E-state index contributed by atoms with van der Waals surface area (Å²) < 4.78 is 48.1. The molecule has 1 aromatic heterocycles. The van der Waals surface area contributed by atoms with Crippen molar-refractivity contribution in [2.24, 2.45) is 5.92 Å². The quantitative estimate of drug-likeness (QED) is 0.651. The number of nitrogens with zero attached hydrogens (tertiary/aromatic N) is 2. The van der Waals surface area contributed by atoms with E-state index >= 15 is 0 Å². The standard InChI is InChI=1S/C21H25F3N4O4/c1-12(2)10-15(19(29)31-3)27-20(30)28-9-8-14-17(26-11-25-14)18(28)13-6-4-5-7-16(13)32-21(22,23)24/h4-7,11-12,15,18H,8-10H2,1-3H3,(H,25,26)(H,27,30)/t15-,18-/m0/s1. The molecular weight excluding hydrogens is 429 g/mol. The lowest BCUT2D eigenvalue weighted by molar-refractivity contribution is -0.275. The van der Waals surface area contributed by atoms with Crippen LogP contribution in [0.15, 0.2) is 30.6 Å². The molecule has 1 aliphatic rings. The normalized spacial score (nSPS) is 17.0. The molecule has 0 unspecified atom stereocenters. The predicted molar refractivity (Wildman–Crippen MR) is 108 cm³/mol. The molecule has 0 aliphatic carbocycles. The van der Waals surface area contributed by atoms with E-state index < -0.39 is 36.2 Å². The zero-order valence-corrected chi connectivity index (χ0v) is 17.9. The van der Waals surface area contributed by atoms with Gasteiger partial charge in [-0.25, -0.2) is 14.6 Å². The number of para-hydroxylation sites is 1. The molecule has 8 nitrogen and oxygen atoms in total. The van der Waals surface area contributed by atoms with Gasteiger partial charge in [0.15, 0.2) is 0 Å². The molecule has 0 bridgehead atoms. The molecule has 1 aromatic carbocycles. The molecule has 2 amide bonds. The van der Waals surface area contributed by atoms with E-state index in [1.807, 2.05) is 13.8 Å². The highest BCUT2D eigenvalue weighted by Gasteiger charge is 2.39. The van der Waals surface area contributed by atoms with Gasteiger partial charge in [-0.2, -0.15) is 0 Å². The van der Waals surface area contributed by atoms with Crippen molar-refractivity contribution in [2.45, 2.75) is 45.1 Å². The molecule has 2 atom stereocenters. The SMILES string of the molecule is COC(=O)[C@H](CC(C)C)NC(=O)N1CCc2[nH]cnc2[C@@H]1c1ccccc1OC(F)(F)F. The number of carbonyl (C=O) groups excluding carboxylic acids is 2. The number of hydrogen-bond acceptors (Lipinski definition) is 5. The fraction of sp³-hybridized carbons (Fsp3) is 0.476. The Morgan fingerprint density at radius 2 is 2.03 bits per heavy atom. The van der Waals surface area contributed by atoms with Crippen LogP contribution in [-0.4, -0.2) is 52.9 Å². The number of nitrogens with one attached hydrogen (secondary N) is 2. The third-order valence-electron chi connectivity index (χ3n) is 5.12. The number of aromatic amines is 1. The van der Waals surface area contributed by atoms with E-state index in [9.17, 15) is 22.8 Å². The van der Waals surface area contributed by atoms with Crippen LogP contribution in [0.5, 0.6) is 5.75 Å². The second-order valence-corrected chi connectivity index (χ2v) is 7.85. The number of halogens is 3. The number of methoxy groups -OCH3 is 1. The average Bonchev–Trinajstić information content (AvgIpc) is 3.20. The molecule has 0 fully saturated rings. The third kappa shape index (κ3) is 5.32. The van der Waals surface area contributed by atoms with Gasteiger partial charge < -0.3 is 24.7 Å². The maximum atomic E-state index is 13.2. The molecular formula is C21H25F3N4O4. The summed E-state index contributed by atoms with van der Waals surface area (Å²) in [4.78, 5) is 34.0. The minimum atomic E-state index is -4.90. The van der Waals surface area contributed by atoms with Crippen molar-refractivity contribution in [3.05, 3.63) is 47.5 Å². The molecule has 32 heavy (non-hydrogen) atoms. The molecule has 2 aromatic rings. The van der Waals surface area contributed by atoms with E-state index in [4.69, 9.17) is 4.74 Å². The van der Waals surface area contributed by atoms with Crippen LogP contribution >= 0.6 is 0 Å². The van der Waals surface area contributed by atoms with Crippen molar-refractivity contribution in [3.8, 4) is 5.75 Å². The Kier molecular flexibility index (Phi) is 6.95. The summed E-state index contributed by atoms with van der Waals surface area (Å²) in [7, 11) is 1.23. The third-order valence-corrected chi connectivity index (χ3v) is 5.12. The number of alkyl halides is 3. The number of hydrogen-bond donors (Lipinski definition) is 2. The maximum absolute atomic E-state index is 13.2. The molecule has 2 N–H and O–H groups in total. The van der Waals surface area contributed by atoms with Crippen LogP contribution in [0.4, 0.5) is 18.0 Å². The van der Waals surface area contributed by atoms with Crippen LogP contribution in [0, 0.1) is 5.92 Å².